The van der Waals surface area contributed by atoms with E-state index in [0.717, 1.165) is 48.9 Å². The number of amides is 1. The molecule has 1 aromatic heterocycles. The first-order valence-electron chi connectivity index (χ1n) is 11.9. The van der Waals surface area contributed by atoms with Gasteiger partial charge in [-0.05, 0) is 49.4 Å². The van der Waals surface area contributed by atoms with E-state index in [9.17, 15) is 4.79 Å². The molecule has 0 N–H and O–H groups in total. The molecule has 1 unspecified atom stereocenters. The van der Waals surface area contributed by atoms with Gasteiger partial charge in [-0.1, -0.05) is 74.9 Å². The molecule has 1 aliphatic rings. The van der Waals surface area contributed by atoms with Crippen LogP contribution >= 0.6 is 0 Å². The number of unbranched alkanes of at least 4 members (excludes halogenated alkanes) is 5. The summed E-state index contributed by atoms with van der Waals surface area (Å²) in [4.78, 5) is 19.7. The van der Waals surface area contributed by atoms with Crippen molar-refractivity contribution in [1.82, 2.24) is 9.88 Å². The van der Waals surface area contributed by atoms with Gasteiger partial charge in [-0.15, -0.1) is 0 Å². The van der Waals surface area contributed by atoms with Crippen LogP contribution in [-0.4, -0.2) is 22.3 Å². The summed E-state index contributed by atoms with van der Waals surface area (Å²) in [7, 11) is 0. The van der Waals surface area contributed by atoms with Crippen molar-refractivity contribution >= 4 is 17.0 Å². The zero-order valence-electron chi connectivity index (χ0n) is 18.9. The molecule has 1 amide bonds. The normalized spacial score (nSPS) is 16.3. The number of rotatable bonds is 9. The molecular weight excluding hydrogens is 384 g/mol. The number of nitrogens with zero attached hydrogens (tertiary/aromatic N) is 2. The molecule has 31 heavy (non-hydrogen) atoms. The summed E-state index contributed by atoms with van der Waals surface area (Å²) < 4.78 is 6.11. The van der Waals surface area contributed by atoms with Gasteiger partial charge in [-0.2, -0.15) is 0 Å². The lowest BCUT2D eigenvalue weighted by Crippen LogP contribution is -2.30. The van der Waals surface area contributed by atoms with Gasteiger partial charge in [-0.3, -0.25) is 4.79 Å². The Morgan fingerprint density at radius 1 is 1.06 bits per heavy atom. The molecule has 0 aliphatic carbocycles. The number of aromatic nitrogens is 1. The molecule has 0 spiro atoms. The summed E-state index contributed by atoms with van der Waals surface area (Å²) in [6.45, 7) is 5.15. The number of carbonyl (C=O) groups is 1. The highest BCUT2D eigenvalue weighted by atomic mass is 16.3. The molecular formula is C27H34N2O2. The Balaban J connectivity index is 1.44. The van der Waals surface area contributed by atoms with Gasteiger partial charge in [0.2, 0.25) is 11.8 Å². The van der Waals surface area contributed by atoms with Crippen LogP contribution in [0.3, 0.4) is 0 Å². The van der Waals surface area contributed by atoms with Crippen molar-refractivity contribution in [2.24, 2.45) is 0 Å². The van der Waals surface area contributed by atoms with Gasteiger partial charge in [0.1, 0.15) is 11.6 Å². The van der Waals surface area contributed by atoms with Crippen molar-refractivity contribution in [3.05, 3.63) is 53.9 Å². The number of fused-ring (bicyclic) bond motifs is 1. The predicted molar refractivity (Wildman–Crippen MR) is 126 cm³/mol. The zero-order chi connectivity index (χ0) is 21.6. The summed E-state index contributed by atoms with van der Waals surface area (Å²) in [6.07, 6.45) is 9.79. The fourth-order valence-corrected chi connectivity index (χ4v) is 4.61. The maximum absolute atomic E-state index is 12.9. The largest absolute Gasteiger partial charge is 0.438 e. The molecule has 1 aliphatic heterocycles. The molecule has 2 heterocycles. The minimum absolute atomic E-state index is 0.0255. The first-order valence-corrected chi connectivity index (χ1v) is 11.9. The quantitative estimate of drug-likeness (QED) is 0.345. The summed E-state index contributed by atoms with van der Waals surface area (Å²) in [5, 5.41) is 0. The van der Waals surface area contributed by atoms with Gasteiger partial charge in [0, 0.05) is 13.0 Å². The Morgan fingerprint density at radius 2 is 1.87 bits per heavy atom. The molecule has 1 fully saturated rings. The lowest BCUT2D eigenvalue weighted by atomic mass is 10.0. The van der Waals surface area contributed by atoms with Gasteiger partial charge in [0.25, 0.3) is 0 Å². The molecule has 1 atom stereocenters. The molecule has 0 radical (unpaired) electrons. The second kappa shape index (κ2) is 10.1. The number of likely N-dealkylation sites (tertiary alicyclic amines) is 1. The predicted octanol–water partition coefficient (Wildman–Crippen LogP) is 7.22. The monoisotopic (exact) mass is 418 g/mol. The third kappa shape index (κ3) is 5.17. The second-order valence-corrected chi connectivity index (χ2v) is 8.87. The number of carbonyl (C=O) groups excluding carboxylic acids is 1. The Morgan fingerprint density at radius 3 is 2.71 bits per heavy atom. The SMILES string of the molecule is CCCCCCCCC(=O)N1CCCC1c1nc2cc(-c3cccc(C)c3)ccc2o1. The van der Waals surface area contributed by atoms with Crippen LogP contribution in [-0.2, 0) is 4.79 Å². The number of aryl methyl sites for hydroxylation is 1. The van der Waals surface area contributed by atoms with E-state index in [1.54, 1.807) is 0 Å². The summed E-state index contributed by atoms with van der Waals surface area (Å²) in [5.74, 6) is 0.936. The van der Waals surface area contributed by atoms with Crippen LogP contribution < -0.4 is 0 Å². The molecule has 4 rings (SSSR count). The van der Waals surface area contributed by atoms with E-state index < -0.39 is 0 Å². The summed E-state index contributed by atoms with van der Waals surface area (Å²) in [5.41, 5.74) is 5.22. The van der Waals surface area contributed by atoms with Crippen LogP contribution in [0.25, 0.3) is 22.2 Å². The fourth-order valence-electron chi connectivity index (χ4n) is 4.61. The van der Waals surface area contributed by atoms with E-state index >= 15 is 0 Å². The Kier molecular flexibility index (Phi) is 7.06. The number of hydrogen-bond donors (Lipinski definition) is 0. The van der Waals surface area contributed by atoms with Gasteiger partial charge in [0.05, 0.1) is 0 Å². The van der Waals surface area contributed by atoms with Crippen LogP contribution in [0, 0.1) is 6.92 Å². The Bertz CT molecular complexity index is 1020. The van der Waals surface area contributed by atoms with Crippen molar-refractivity contribution in [1.29, 1.82) is 0 Å². The van der Waals surface area contributed by atoms with Gasteiger partial charge in [0.15, 0.2) is 5.58 Å². The number of benzene rings is 2. The molecule has 164 valence electrons. The Labute approximate surface area is 185 Å². The van der Waals surface area contributed by atoms with Crippen molar-refractivity contribution in [3.8, 4) is 11.1 Å². The van der Waals surface area contributed by atoms with Crippen molar-refractivity contribution in [2.45, 2.75) is 77.7 Å². The summed E-state index contributed by atoms with van der Waals surface area (Å²) in [6, 6.07) is 14.6. The van der Waals surface area contributed by atoms with E-state index in [1.807, 2.05) is 11.0 Å². The average Bonchev–Trinajstić information content (AvgIpc) is 3.42. The molecule has 4 nitrogen and oxygen atoms in total. The van der Waals surface area contributed by atoms with Crippen LogP contribution in [0.1, 0.15) is 82.2 Å². The second-order valence-electron chi connectivity index (χ2n) is 8.87. The van der Waals surface area contributed by atoms with E-state index in [0.29, 0.717) is 12.3 Å². The van der Waals surface area contributed by atoms with Crippen LogP contribution in [0.5, 0.6) is 0 Å². The molecule has 0 bridgehead atoms. The maximum atomic E-state index is 12.9. The molecule has 4 heteroatoms. The van der Waals surface area contributed by atoms with Crippen LogP contribution in [0.15, 0.2) is 46.9 Å². The third-order valence-corrected chi connectivity index (χ3v) is 6.36. The van der Waals surface area contributed by atoms with E-state index in [2.05, 4.69) is 50.2 Å². The molecule has 0 saturated carbocycles. The van der Waals surface area contributed by atoms with E-state index in [-0.39, 0.29) is 11.9 Å². The highest BCUT2D eigenvalue weighted by Crippen LogP contribution is 2.35. The van der Waals surface area contributed by atoms with E-state index in [4.69, 9.17) is 9.40 Å². The van der Waals surface area contributed by atoms with Gasteiger partial charge < -0.3 is 9.32 Å². The Hall–Kier alpha value is -2.62. The highest BCUT2D eigenvalue weighted by molar-refractivity contribution is 5.81. The molecule has 2 aromatic carbocycles. The lowest BCUT2D eigenvalue weighted by Gasteiger charge is -2.22. The topological polar surface area (TPSA) is 46.3 Å². The molecule has 1 saturated heterocycles. The number of hydrogen-bond acceptors (Lipinski definition) is 3. The standard InChI is InChI=1S/C27H34N2O2/c1-3-4-5-6-7-8-14-26(30)29-17-10-13-24(29)27-28-23-19-22(15-16-25(23)31-27)21-12-9-11-20(2)18-21/h9,11-12,15-16,18-19,24H,3-8,10,13-14,17H2,1-2H3. The van der Waals surface area contributed by atoms with Crippen LogP contribution in [0.4, 0.5) is 0 Å². The highest BCUT2D eigenvalue weighted by Gasteiger charge is 2.33. The van der Waals surface area contributed by atoms with Crippen molar-refractivity contribution < 1.29 is 9.21 Å². The number of oxazole rings is 1. The van der Waals surface area contributed by atoms with E-state index in [1.165, 1.54) is 36.8 Å². The maximum Gasteiger partial charge on any atom is 0.223 e. The molecule has 3 aromatic rings. The minimum Gasteiger partial charge on any atom is -0.438 e. The first-order chi connectivity index (χ1) is 15.2. The van der Waals surface area contributed by atoms with Crippen LogP contribution in [0.2, 0.25) is 0 Å². The smallest absolute Gasteiger partial charge is 0.223 e. The van der Waals surface area contributed by atoms with Crippen molar-refractivity contribution in [2.75, 3.05) is 6.54 Å². The van der Waals surface area contributed by atoms with Gasteiger partial charge in [-0.25, -0.2) is 4.98 Å². The average molecular weight is 419 g/mol. The lowest BCUT2D eigenvalue weighted by molar-refractivity contribution is -0.132. The van der Waals surface area contributed by atoms with Crippen molar-refractivity contribution in [3.63, 3.8) is 0 Å². The summed E-state index contributed by atoms with van der Waals surface area (Å²) >= 11 is 0. The first kappa shape index (κ1) is 21.6. The fraction of sp³-hybridized carbons (Fsp3) is 0.481. The van der Waals surface area contributed by atoms with Gasteiger partial charge >= 0.3 is 0 Å². The third-order valence-electron chi connectivity index (χ3n) is 6.36. The minimum atomic E-state index is -0.0255. The zero-order valence-corrected chi connectivity index (χ0v) is 18.9.